The van der Waals surface area contributed by atoms with Gasteiger partial charge in [-0.1, -0.05) is 24.3 Å². The van der Waals surface area contributed by atoms with Crippen LogP contribution in [0.25, 0.3) is 9.69 Å². The summed E-state index contributed by atoms with van der Waals surface area (Å²) in [6.07, 6.45) is 8.41. The number of aliphatic hydroxyl groups excluding tert-OH is 2. The van der Waals surface area contributed by atoms with E-state index < -0.39 is 29.2 Å². The molecule has 8 nitrogen and oxygen atoms in total. The van der Waals surface area contributed by atoms with Gasteiger partial charge in [-0.3, -0.25) is 10.1 Å². The van der Waals surface area contributed by atoms with Crippen molar-refractivity contribution in [1.82, 2.24) is 0 Å². The molecule has 0 saturated heterocycles. The molecular weight excluding hydrogens is 420 g/mol. The number of hydrogen-bond donors (Lipinski definition) is 2. The lowest BCUT2D eigenvalue weighted by Gasteiger charge is -2.10. The number of aliphatic hydroxyl groups is 2. The summed E-state index contributed by atoms with van der Waals surface area (Å²) in [5.74, 6) is 4.58. The average Bonchev–Trinajstić information content (AvgIpc) is 2.81. The van der Waals surface area contributed by atoms with E-state index in [1.807, 2.05) is 6.07 Å². The lowest BCUT2D eigenvalue weighted by atomic mass is 9.98. The van der Waals surface area contributed by atoms with Crippen LogP contribution in [0.3, 0.4) is 0 Å². The van der Waals surface area contributed by atoms with E-state index in [0.717, 1.165) is 0 Å². The number of nitro benzene ring substituents is 1. The van der Waals surface area contributed by atoms with Gasteiger partial charge in [-0.15, -0.1) is 24.7 Å². The lowest BCUT2D eigenvalue weighted by molar-refractivity contribution is -0.384. The number of hydrogen-bond acceptors (Lipinski definition) is 5. The minimum absolute atomic E-state index is 0.0374. The van der Waals surface area contributed by atoms with Gasteiger partial charge in [0.15, 0.2) is 0 Å². The summed E-state index contributed by atoms with van der Waals surface area (Å²) >= 11 is 0. The number of non-ortho nitro benzene ring substituents is 1. The second kappa shape index (κ2) is 13.6. The molecule has 0 saturated carbocycles. The molecule has 4 unspecified atom stereocenters. The molecule has 0 aromatic heterocycles. The van der Waals surface area contributed by atoms with E-state index in [4.69, 9.17) is 31.3 Å². The highest BCUT2D eigenvalue weighted by Gasteiger charge is 2.27. The summed E-state index contributed by atoms with van der Waals surface area (Å²) in [6.45, 7) is 14.1. The van der Waals surface area contributed by atoms with E-state index in [0.29, 0.717) is 16.7 Å². The van der Waals surface area contributed by atoms with Crippen LogP contribution in [-0.2, 0) is 0 Å². The Labute approximate surface area is 192 Å². The third-order valence-electron chi connectivity index (χ3n) is 4.44. The molecule has 164 valence electrons. The molecule has 0 amide bonds. The first-order valence-corrected chi connectivity index (χ1v) is 9.53. The van der Waals surface area contributed by atoms with Crippen molar-refractivity contribution in [2.45, 2.75) is 37.1 Å². The smallest absolute Gasteiger partial charge is 0.275 e. The number of terminal acetylenes is 2. The van der Waals surface area contributed by atoms with Crippen LogP contribution in [0, 0.1) is 59.3 Å². The van der Waals surface area contributed by atoms with Gasteiger partial charge in [-0.05, 0) is 12.1 Å². The maximum Gasteiger partial charge on any atom is 0.275 e. The van der Waals surface area contributed by atoms with Crippen LogP contribution in [0.2, 0.25) is 0 Å². The zero-order chi connectivity index (χ0) is 24.8. The highest BCUT2D eigenvalue weighted by molar-refractivity contribution is 5.37. The Morgan fingerprint density at radius 2 is 1.45 bits per heavy atom. The Hall–Kier alpha value is -4.65. The van der Waals surface area contributed by atoms with E-state index >= 15 is 0 Å². The summed E-state index contributed by atoms with van der Waals surface area (Å²) < 4.78 is 0. The van der Waals surface area contributed by atoms with Crippen molar-refractivity contribution >= 4 is 5.69 Å². The molecule has 0 aliphatic heterocycles. The van der Waals surface area contributed by atoms with Crippen molar-refractivity contribution in [3.05, 3.63) is 98.2 Å². The third-order valence-corrected chi connectivity index (χ3v) is 4.44. The van der Waals surface area contributed by atoms with Gasteiger partial charge in [0.05, 0.1) is 16.6 Å². The van der Waals surface area contributed by atoms with E-state index in [1.165, 1.54) is 18.2 Å². The highest BCUT2D eigenvalue weighted by Crippen LogP contribution is 2.26. The van der Waals surface area contributed by atoms with Crippen molar-refractivity contribution in [1.29, 1.82) is 5.26 Å². The minimum Gasteiger partial charge on any atom is -0.384 e. The summed E-state index contributed by atoms with van der Waals surface area (Å²) in [7, 11) is 0. The molecule has 0 fully saturated rings. The van der Waals surface area contributed by atoms with Crippen LogP contribution < -0.4 is 0 Å². The molecule has 0 radical (unpaired) electrons. The predicted octanol–water partition coefficient (Wildman–Crippen LogP) is 3.84. The van der Waals surface area contributed by atoms with E-state index in [9.17, 15) is 20.3 Å². The molecule has 2 N–H and O–H groups in total. The second-order valence-electron chi connectivity index (χ2n) is 6.69. The molecule has 33 heavy (non-hydrogen) atoms. The monoisotopic (exact) mass is 440 g/mol. The van der Waals surface area contributed by atoms with Gasteiger partial charge in [0.2, 0.25) is 0 Å². The first-order chi connectivity index (χ1) is 15.8. The van der Waals surface area contributed by atoms with E-state index in [1.54, 1.807) is 30.3 Å². The molecule has 0 heterocycles. The Bertz CT molecular complexity index is 1170. The fourth-order valence-electron chi connectivity index (χ4n) is 2.84. The number of benzene rings is 2. The molecule has 0 bridgehead atoms. The number of nitriles is 1. The maximum atomic E-state index is 10.6. The number of nitrogens with zero attached hydrogens (tertiary/aromatic N) is 4. The van der Waals surface area contributed by atoms with Gasteiger partial charge in [0.1, 0.15) is 12.2 Å². The normalized spacial score (nSPS) is 13.0. The fourth-order valence-corrected chi connectivity index (χ4v) is 2.84. The predicted molar refractivity (Wildman–Crippen MR) is 122 cm³/mol. The largest absolute Gasteiger partial charge is 0.384 e. The molecular formula is C25H20N4O4. The van der Waals surface area contributed by atoms with Gasteiger partial charge in [-0.2, -0.15) is 5.26 Å². The quantitative estimate of drug-likeness (QED) is 0.294. The molecule has 0 spiro atoms. The molecule has 8 heteroatoms. The fraction of sp³-hybridized carbons (Fsp3) is 0.240. The summed E-state index contributed by atoms with van der Waals surface area (Å²) in [6, 6.07) is 12.7. The third kappa shape index (κ3) is 7.84. The molecule has 4 atom stereocenters. The Morgan fingerprint density at radius 3 is 1.88 bits per heavy atom. The first kappa shape index (κ1) is 26.4. The first-order valence-electron chi connectivity index (χ1n) is 9.53. The number of nitro groups is 1. The molecule has 2 aromatic carbocycles. The summed E-state index contributed by atoms with van der Waals surface area (Å²) in [5, 5.41) is 38.7. The molecule has 0 aliphatic carbocycles. The standard InChI is InChI=1S/C13H10N2O.C12H10N2O3/c1-3-5-12(16)13(15-2)11-7-4-6-10(8-11)9-14;1-3-5-11(15)12(13-2)9-6-4-7-10(8-9)14(16)17/h1,4,6-8,12-13,16H,5H2;1,4,6-8,11-12,15H,5H2. The van der Waals surface area contributed by atoms with E-state index in [-0.39, 0.29) is 18.5 Å². The van der Waals surface area contributed by atoms with Gasteiger partial charge in [0, 0.05) is 36.1 Å². The van der Waals surface area contributed by atoms with Crippen LogP contribution in [0.5, 0.6) is 0 Å². The zero-order valence-electron chi connectivity index (χ0n) is 17.5. The van der Waals surface area contributed by atoms with Crippen LogP contribution in [-0.4, -0.2) is 27.3 Å². The van der Waals surface area contributed by atoms with Crippen molar-refractivity contribution in [2.75, 3.05) is 0 Å². The van der Waals surface area contributed by atoms with Crippen molar-refractivity contribution in [2.24, 2.45) is 0 Å². The van der Waals surface area contributed by atoms with Crippen LogP contribution in [0.1, 0.15) is 41.6 Å². The molecule has 2 rings (SSSR count). The van der Waals surface area contributed by atoms with Crippen LogP contribution in [0.15, 0.2) is 48.5 Å². The van der Waals surface area contributed by atoms with Gasteiger partial charge in [0.25, 0.3) is 17.8 Å². The maximum absolute atomic E-state index is 10.6. The minimum atomic E-state index is -1.01. The van der Waals surface area contributed by atoms with Crippen molar-refractivity contribution in [3.8, 4) is 30.8 Å². The number of rotatable bonds is 7. The highest BCUT2D eigenvalue weighted by atomic mass is 16.6. The van der Waals surface area contributed by atoms with Crippen molar-refractivity contribution < 1.29 is 15.1 Å². The topological polar surface area (TPSA) is 116 Å². The van der Waals surface area contributed by atoms with Crippen molar-refractivity contribution in [3.63, 3.8) is 0 Å². The molecule has 2 aromatic rings. The average molecular weight is 440 g/mol. The Balaban J connectivity index is 0.000000331. The summed E-state index contributed by atoms with van der Waals surface area (Å²) in [4.78, 5) is 16.7. The van der Waals surface area contributed by atoms with Gasteiger partial charge in [-0.25, -0.2) is 13.1 Å². The Morgan fingerprint density at radius 1 is 0.970 bits per heavy atom. The van der Waals surface area contributed by atoms with Crippen LogP contribution >= 0.6 is 0 Å². The lowest BCUT2D eigenvalue weighted by Crippen LogP contribution is -2.15. The molecule has 0 aliphatic rings. The van der Waals surface area contributed by atoms with E-state index in [2.05, 4.69) is 21.5 Å². The summed E-state index contributed by atoms with van der Waals surface area (Å²) in [5.41, 5.74) is 1.39. The van der Waals surface area contributed by atoms with Gasteiger partial charge >= 0.3 is 0 Å². The zero-order valence-corrected chi connectivity index (χ0v) is 17.5. The van der Waals surface area contributed by atoms with Crippen LogP contribution in [0.4, 0.5) is 5.69 Å². The SMILES string of the molecule is [C-]#[N+]C(c1cccc(C#N)c1)C(O)CC#C.[C-]#[N+]C(c1cccc([N+](=O)[O-])c1)C(O)CC#C. The Kier molecular flexibility index (Phi) is 10.9. The van der Waals surface area contributed by atoms with Gasteiger partial charge < -0.3 is 19.9 Å². The second-order valence-corrected chi connectivity index (χ2v) is 6.69.